The number of ether oxygens (including phenoxy) is 1. The number of benzene rings is 1. The number of nitrogens with zero attached hydrogens (tertiary/aromatic N) is 1. The van der Waals surface area contributed by atoms with Crippen LogP contribution < -0.4 is 10.1 Å². The van der Waals surface area contributed by atoms with Crippen molar-refractivity contribution in [2.45, 2.75) is 0 Å². The maximum atomic E-state index is 11.6. The van der Waals surface area contributed by atoms with Crippen LogP contribution in [0.4, 0.5) is 5.69 Å². The summed E-state index contributed by atoms with van der Waals surface area (Å²) in [6.07, 6.45) is 3.19. The molecule has 19 heavy (non-hydrogen) atoms. The Hall–Kier alpha value is -1.78. The Morgan fingerprint density at radius 2 is 1.89 bits per heavy atom. The number of pyridine rings is 1. The van der Waals surface area contributed by atoms with Gasteiger partial charge in [-0.05, 0) is 24.3 Å². The SMILES string of the molecule is O=C(COc1ccc(Cl)c(Cl)c1)Nc1ccncc1. The van der Waals surface area contributed by atoms with E-state index in [-0.39, 0.29) is 12.5 Å². The molecule has 1 aromatic heterocycles. The highest BCUT2D eigenvalue weighted by atomic mass is 35.5. The van der Waals surface area contributed by atoms with Gasteiger partial charge in [-0.15, -0.1) is 0 Å². The molecule has 0 aliphatic heterocycles. The Bertz CT molecular complexity index is 576. The van der Waals surface area contributed by atoms with Gasteiger partial charge in [0.25, 0.3) is 5.91 Å². The molecule has 1 aromatic carbocycles. The van der Waals surface area contributed by atoms with Gasteiger partial charge in [0.05, 0.1) is 10.0 Å². The topological polar surface area (TPSA) is 51.2 Å². The van der Waals surface area contributed by atoms with E-state index in [1.54, 1.807) is 42.7 Å². The zero-order chi connectivity index (χ0) is 13.7. The number of hydrogen-bond acceptors (Lipinski definition) is 3. The number of halogens is 2. The third-order valence-corrected chi connectivity index (χ3v) is 2.96. The number of nitrogens with one attached hydrogen (secondary N) is 1. The van der Waals surface area contributed by atoms with E-state index in [0.29, 0.717) is 21.5 Å². The van der Waals surface area contributed by atoms with Crippen molar-refractivity contribution < 1.29 is 9.53 Å². The number of amides is 1. The van der Waals surface area contributed by atoms with Crippen LogP contribution in [0.15, 0.2) is 42.7 Å². The summed E-state index contributed by atoms with van der Waals surface area (Å²) in [5.74, 6) is 0.219. The predicted molar refractivity (Wildman–Crippen MR) is 74.8 cm³/mol. The summed E-state index contributed by atoms with van der Waals surface area (Å²) in [6.45, 7) is -0.111. The summed E-state index contributed by atoms with van der Waals surface area (Å²) in [5.41, 5.74) is 0.665. The summed E-state index contributed by atoms with van der Waals surface area (Å²) in [7, 11) is 0. The van der Waals surface area contributed by atoms with Crippen LogP contribution in [0, 0.1) is 0 Å². The van der Waals surface area contributed by atoms with Crippen LogP contribution in [-0.4, -0.2) is 17.5 Å². The van der Waals surface area contributed by atoms with E-state index < -0.39 is 0 Å². The van der Waals surface area contributed by atoms with Gasteiger partial charge in [0.1, 0.15) is 5.75 Å². The summed E-state index contributed by atoms with van der Waals surface area (Å²) in [5, 5.41) is 3.50. The predicted octanol–water partition coefficient (Wildman–Crippen LogP) is 3.41. The maximum absolute atomic E-state index is 11.6. The van der Waals surface area contributed by atoms with Crippen LogP contribution in [0.2, 0.25) is 10.0 Å². The van der Waals surface area contributed by atoms with Gasteiger partial charge < -0.3 is 10.1 Å². The second-order valence-electron chi connectivity index (χ2n) is 3.65. The largest absolute Gasteiger partial charge is 0.484 e. The molecule has 98 valence electrons. The van der Waals surface area contributed by atoms with Gasteiger partial charge in [-0.3, -0.25) is 9.78 Å². The monoisotopic (exact) mass is 296 g/mol. The minimum absolute atomic E-state index is 0.111. The fourth-order valence-electron chi connectivity index (χ4n) is 1.35. The quantitative estimate of drug-likeness (QED) is 0.941. The molecule has 0 saturated heterocycles. The fraction of sp³-hybridized carbons (Fsp3) is 0.0769. The van der Waals surface area contributed by atoms with E-state index in [9.17, 15) is 4.79 Å². The van der Waals surface area contributed by atoms with Crippen LogP contribution in [0.1, 0.15) is 0 Å². The van der Waals surface area contributed by atoms with Crippen LogP contribution in [0.5, 0.6) is 5.75 Å². The number of rotatable bonds is 4. The van der Waals surface area contributed by atoms with E-state index in [4.69, 9.17) is 27.9 Å². The molecular weight excluding hydrogens is 287 g/mol. The number of carbonyl (C=O) groups is 1. The Balaban J connectivity index is 1.88. The van der Waals surface area contributed by atoms with Crippen LogP contribution >= 0.6 is 23.2 Å². The molecule has 0 fully saturated rings. The third kappa shape index (κ3) is 4.12. The Labute approximate surface area is 120 Å². The van der Waals surface area contributed by atoms with E-state index >= 15 is 0 Å². The molecule has 0 bridgehead atoms. The average molecular weight is 297 g/mol. The second kappa shape index (κ2) is 6.41. The van der Waals surface area contributed by atoms with Crippen LogP contribution in [-0.2, 0) is 4.79 Å². The summed E-state index contributed by atoms with van der Waals surface area (Å²) < 4.78 is 5.31. The number of carbonyl (C=O) groups excluding carboxylic acids is 1. The molecular formula is C13H10Cl2N2O2. The zero-order valence-electron chi connectivity index (χ0n) is 9.77. The van der Waals surface area contributed by atoms with Crippen LogP contribution in [0.3, 0.4) is 0 Å². The molecule has 2 aromatic rings. The molecule has 0 spiro atoms. The molecule has 2 rings (SSSR count). The van der Waals surface area contributed by atoms with Crippen molar-refractivity contribution >= 4 is 34.8 Å². The average Bonchev–Trinajstić information content (AvgIpc) is 2.41. The first-order valence-corrected chi connectivity index (χ1v) is 6.18. The number of anilines is 1. The molecule has 1 amide bonds. The Kier molecular flexibility index (Phi) is 4.60. The third-order valence-electron chi connectivity index (χ3n) is 2.23. The lowest BCUT2D eigenvalue weighted by atomic mass is 10.3. The molecule has 0 atom stereocenters. The highest BCUT2D eigenvalue weighted by Crippen LogP contribution is 2.26. The molecule has 4 nitrogen and oxygen atoms in total. The van der Waals surface area contributed by atoms with Gasteiger partial charge in [0.2, 0.25) is 0 Å². The van der Waals surface area contributed by atoms with Crippen molar-refractivity contribution in [1.82, 2.24) is 4.98 Å². The summed E-state index contributed by atoms with van der Waals surface area (Å²) in [4.78, 5) is 15.5. The Morgan fingerprint density at radius 1 is 1.16 bits per heavy atom. The fourth-order valence-corrected chi connectivity index (χ4v) is 1.64. The first kappa shape index (κ1) is 13.6. The molecule has 1 heterocycles. The molecule has 0 aliphatic carbocycles. The van der Waals surface area contributed by atoms with Gasteiger partial charge in [0.15, 0.2) is 6.61 Å². The minimum atomic E-state index is -0.266. The van der Waals surface area contributed by atoms with E-state index in [2.05, 4.69) is 10.3 Å². The standard InChI is InChI=1S/C13H10Cl2N2O2/c14-11-2-1-10(7-12(11)15)19-8-13(18)17-9-3-5-16-6-4-9/h1-7H,8H2,(H,16,17,18). The first-order chi connectivity index (χ1) is 9.15. The molecule has 0 saturated carbocycles. The second-order valence-corrected chi connectivity index (χ2v) is 4.46. The molecule has 1 N–H and O–H groups in total. The number of hydrogen-bond donors (Lipinski definition) is 1. The van der Waals surface area contributed by atoms with Gasteiger partial charge in [-0.25, -0.2) is 0 Å². The van der Waals surface area contributed by atoms with Crippen molar-refractivity contribution in [2.75, 3.05) is 11.9 Å². The van der Waals surface area contributed by atoms with Crippen molar-refractivity contribution in [3.63, 3.8) is 0 Å². The molecule has 0 aliphatic rings. The van der Waals surface area contributed by atoms with E-state index in [1.165, 1.54) is 0 Å². The van der Waals surface area contributed by atoms with Gasteiger partial charge >= 0.3 is 0 Å². The first-order valence-electron chi connectivity index (χ1n) is 5.43. The number of aromatic nitrogens is 1. The molecule has 0 radical (unpaired) electrons. The van der Waals surface area contributed by atoms with Crippen LogP contribution in [0.25, 0.3) is 0 Å². The van der Waals surface area contributed by atoms with Crippen molar-refractivity contribution in [3.05, 3.63) is 52.8 Å². The van der Waals surface area contributed by atoms with Crippen molar-refractivity contribution in [1.29, 1.82) is 0 Å². The minimum Gasteiger partial charge on any atom is -0.484 e. The normalized spacial score (nSPS) is 10.0. The van der Waals surface area contributed by atoms with Gasteiger partial charge in [0, 0.05) is 24.1 Å². The highest BCUT2D eigenvalue weighted by Gasteiger charge is 2.05. The smallest absolute Gasteiger partial charge is 0.262 e. The molecule has 6 heteroatoms. The van der Waals surface area contributed by atoms with Gasteiger partial charge in [-0.1, -0.05) is 23.2 Å². The highest BCUT2D eigenvalue weighted by molar-refractivity contribution is 6.42. The zero-order valence-corrected chi connectivity index (χ0v) is 11.3. The van der Waals surface area contributed by atoms with Crippen molar-refractivity contribution in [2.24, 2.45) is 0 Å². The van der Waals surface area contributed by atoms with Gasteiger partial charge in [-0.2, -0.15) is 0 Å². The van der Waals surface area contributed by atoms with Crippen molar-refractivity contribution in [3.8, 4) is 5.75 Å². The molecule has 0 unspecified atom stereocenters. The summed E-state index contributed by atoms with van der Waals surface area (Å²) in [6, 6.07) is 8.20. The van der Waals surface area contributed by atoms with E-state index in [0.717, 1.165) is 0 Å². The Morgan fingerprint density at radius 3 is 2.58 bits per heavy atom. The lowest BCUT2D eigenvalue weighted by Gasteiger charge is -2.08. The van der Waals surface area contributed by atoms with E-state index in [1.807, 2.05) is 0 Å². The summed E-state index contributed by atoms with van der Waals surface area (Å²) >= 11 is 11.6. The lowest BCUT2D eigenvalue weighted by molar-refractivity contribution is -0.118. The maximum Gasteiger partial charge on any atom is 0.262 e. The lowest BCUT2D eigenvalue weighted by Crippen LogP contribution is -2.20.